The minimum atomic E-state index is -0.449. The molecule has 0 spiro atoms. The smallest absolute Gasteiger partial charge is 0.252 e. The molecule has 0 saturated carbocycles. The fourth-order valence-corrected chi connectivity index (χ4v) is 2.31. The molecule has 2 N–H and O–H groups in total. The lowest BCUT2D eigenvalue weighted by Gasteiger charge is -2.09. The zero-order chi connectivity index (χ0) is 17.1. The summed E-state index contributed by atoms with van der Waals surface area (Å²) in [6.07, 6.45) is 0. The second kappa shape index (κ2) is 6.72. The Labute approximate surface area is 142 Å². The molecular weight excluding hydrogens is 333 g/mol. The molecular formula is C17H13ClFN3O2. The Bertz CT molecular complexity index is 926. The van der Waals surface area contributed by atoms with Crippen LogP contribution in [0.1, 0.15) is 0 Å². The van der Waals surface area contributed by atoms with Crippen molar-refractivity contribution in [2.45, 2.75) is 0 Å². The number of hydrogen-bond acceptors (Lipinski definition) is 4. The minimum absolute atomic E-state index is 0.167. The third kappa shape index (κ3) is 3.55. The average Bonchev–Trinajstić information content (AvgIpc) is 2.58. The van der Waals surface area contributed by atoms with E-state index in [0.717, 1.165) is 5.56 Å². The number of nitrogens with one attached hydrogen (secondary N) is 2. The maximum absolute atomic E-state index is 13.3. The van der Waals surface area contributed by atoms with E-state index in [1.807, 2.05) is 0 Å². The number of halogens is 2. The van der Waals surface area contributed by atoms with Crippen molar-refractivity contribution in [3.05, 3.63) is 69.7 Å². The molecule has 0 radical (unpaired) electrons. The molecule has 0 aliphatic rings. The number of methoxy groups -OCH3 is 1. The predicted molar refractivity (Wildman–Crippen MR) is 91.5 cm³/mol. The van der Waals surface area contributed by atoms with E-state index < -0.39 is 5.82 Å². The van der Waals surface area contributed by atoms with E-state index in [1.54, 1.807) is 31.4 Å². The Balaban J connectivity index is 1.96. The van der Waals surface area contributed by atoms with Gasteiger partial charge in [-0.15, -0.1) is 0 Å². The maximum Gasteiger partial charge on any atom is 0.252 e. The minimum Gasteiger partial charge on any atom is -0.497 e. The van der Waals surface area contributed by atoms with Gasteiger partial charge in [0.25, 0.3) is 5.56 Å². The number of anilines is 2. The Morgan fingerprint density at radius 2 is 1.92 bits per heavy atom. The highest BCUT2D eigenvalue weighted by Crippen LogP contribution is 2.26. The van der Waals surface area contributed by atoms with Crippen LogP contribution in [0.15, 0.2) is 53.3 Å². The molecule has 1 aromatic heterocycles. The molecule has 0 saturated heterocycles. The van der Waals surface area contributed by atoms with E-state index in [1.165, 1.54) is 24.3 Å². The van der Waals surface area contributed by atoms with Gasteiger partial charge in [-0.25, -0.2) is 9.37 Å². The lowest BCUT2D eigenvalue weighted by molar-refractivity contribution is 0.415. The predicted octanol–water partition coefficient (Wildman–Crippen LogP) is 3.98. The third-order valence-corrected chi connectivity index (χ3v) is 3.64. The summed E-state index contributed by atoms with van der Waals surface area (Å²) < 4.78 is 18.4. The first kappa shape index (κ1) is 16.0. The fourth-order valence-electron chi connectivity index (χ4n) is 2.15. The summed E-state index contributed by atoms with van der Waals surface area (Å²) in [5.74, 6) is 0.421. The van der Waals surface area contributed by atoms with Crippen molar-refractivity contribution in [3.8, 4) is 17.0 Å². The number of rotatable bonds is 4. The van der Waals surface area contributed by atoms with Crippen LogP contribution in [0, 0.1) is 5.82 Å². The highest BCUT2D eigenvalue weighted by atomic mass is 35.5. The molecule has 3 rings (SSSR count). The normalized spacial score (nSPS) is 10.5. The van der Waals surface area contributed by atoms with Crippen molar-refractivity contribution >= 4 is 23.2 Å². The summed E-state index contributed by atoms with van der Waals surface area (Å²) in [5, 5.41) is 3.14. The van der Waals surface area contributed by atoms with Gasteiger partial charge in [-0.05, 0) is 42.5 Å². The van der Waals surface area contributed by atoms with Gasteiger partial charge < -0.3 is 10.1 Å². The molecule has 0 unspecified atom stereocenters. The van der Waals surface area contributed by atoms with Gasteiger partial charge in [-0.1, -0.05) is 11.6 Å². The molecule has 7 heteroatoms. The number of H-pyrrole nitrogens is 1. The first-order chi connectivity index (χ1) is 11.5. The van der Waals surface area contributed by atoms with Crippen LogP contribution in [0.3, 0.4) is 0 Å². The topological polar surface area (TPSA) is 67.0 Å². The second-order valence-corrected chi connectivity index (χ2v) is 5.36. The van der Waals surface area contributed by atoms with E-state index in [0.29, 0.717) is 22.2 Å². The van der Waals surface area contributed by atoms with Gasteiger partial charge in [0.05, 0.1) is 23.5 Å². The van der Waals surface area contributed by atoms with Crippen LogP contribution in [0.2, 0.25) is 5.02 Å². The Morgan fingerprint density at radius 1 is 1.17 bits per heavy atom. The second-order valence-electron chi connectivity index (χ2n) is 4.96. The summed E-state index contributed by atoms with van der Waals surface area (Å²) in [6, 6.07) is 12.4. The van der Waals surface area contributed by atoms with Gasteiger partial charge in [0, 0.05) is 11.6 Å². The molecule has 2 aromatic carbocycles. The van der Waals surface area contributed by atoms with E-state index in [9.17, 15) is 9.18 Å². The van der Waals surface area contributed by atoms with Crippen molar-refractivity contribution in [3.63, 3.8) is 0 Å². The average molecular weight is 346 g/mol. The SMILES string of the molecule is COc1ccc(-c2cc(=O)[nH]c(Nc3cc(F)ccc3Cl)n2)cc1. The van der Waals surface area contributed by atoms with Crippen LogP contribution in [0.4, 0.5) is 16.0 Å². The van der Waals surface area contributed by atoms with Crippen molar-refractivity contribution in [1.82, 2.24) is 9.97 Å². The van der Waals surface area contributed by atoms with E-state index >= 15 is 0 Å². The summed E-state index contributed by atoms with van der Waals surface area (Å²) in [6.45, 7) is 0. The zero-order valence-electron chi connectivity index (χ0n) is 12.6. The zero-order valence-corrected chi connectivity index (χ0v) is 13.4. The molecule has 0 fully saturated rings. The van der Waals surface area contributed by atoms with Gasteiger partial charge in [-0.2, -0.15) is 0 Å². The summed E-state index contributed by atoms with van der Waals surface area (Å²) >= 11 is 6.01. The highest BCUT2D eigenvalue weighted by Gasteiger charge is 2.08. The van der Waals surface area contributed by atoms with E-state index in [4.69, 9.17) is 16.3 Å². The van der Waals surface area contributed by atoms with Crippen molar-refractivity contribution < 1.29 is 9.13 Å². The highest BCUT2D eigenvalue weighted by molar-refractivity contribution is 6.33. The van der Waals surface area contributed by atoms with Crippen LogP contribution in [-0.4, -0.2) is 17.1 Å². The monoisotopic (exact) mass is 345 g/mol. The van der Waals surface area contributed by atoms with Crippen molar-refractivity contribution in [2.24, 2.45) is 0 Å². The van der Waals surface area contributed by atoms with Gasteiger partial charge in [0.15, 0.2) is 0 Å². The molecule has 0 bridgehead atoms. The van der Waals surface area contributed by atoms with Crippen LogP contribution < -0.4 is 15.6 Å². The van der Waals surface area contributed by atoms with Gasteiger partial charge in [-0.3, -0.25) is 9.78 Å². The van der Waals surface area contributed by atoms with Crippen LogP contribution in [0.25, 0.3) is 11.3 Å². The van der Waals surface area contributed by atoms with Crippen molar-refractivity contribution in [1.29, 1.82) is 0 Å². The number of ether oxygens (including phenoxy) is 1. The molecule has 3 aromatic rings. The molecule has 0 amide bonds. The summed E-state index contributed by atoms with van der Waals surface area (Å²) in [7, 11) is 1.57. The lowest BCUT2D eigenvalue weighted by Crippen LogP contribution is -2.10. The maximum atomic E-state index is 13.3. The Hall–Kier alpha value is -2.86. The standard InChI is InChI=1S/C17H13ClFN3O2/c1-24-12-5-2-10(3-6-12)14-9-16(23)22-17(20-14)21-15-8-11(19)4-7-13(15)18/h2-9H,1H3,(H2,20,21,22,23). The fraction of sp³-hybridized carbons (Fsp3) is 0.0588. The number of aromatic nitrogens is 2. The molecule has 0 aliphatic heterocycles. The van der Waals surface area contributed by atoms with E-state index in [-0.39, 0.29) is 11.5 Å². The molecule has 24 heavy (non-hydrogen) atoms. The van der Waals surface area contributed by atoms with Crippen molar-refractivity contribution in [2.75, 3.05) is 12.4 Å². The third-order valence-electron chi connectivity index (χ3n) is 3.31. The molecule has 0 atom stereocenters. The summed E-state index contributed by atoms with van der Waals surface area (Å²) in [4.78, 5) is 18.8. The first-order valence-corrected chi connectivity index (χ1v) is 7.41. The number of aromatic amines is 1. The Morgan fingerprint density at radius 3 is 2.62 bits per heavy atom. The Kier molecular flexibility index (Phi) is 4.48. The quantitative estimate of drug-likeness (QED) is 0.750. The van der Waals surface area contributed by atoms with E-state index in [2.05, 4.69) is 15.3 Å². The number of hydrogen-bond donors (Lipinski definition) is 2. The van der Waals surface area contributed by atoms with Gasteiger partial charge in [0.1, 0.15) is 11.6 Å². The first-order valence-electron chi connectivity index (χ1n) is 7.03. The largest absolute Gasteiger partial charge is 0.497 e. The molecule has 1 heterocycles. The number of nitrogens with zero attached hydrogens (tertiary/aromatic N) is 1. The van der Waals surface area contributed by atoms with Gasteiger partial charge in [0.2, 0.25) is 5.95 Å². The van der Waals surface area contributed by atoms with Crippen LogP contribution in [0.5, 0.6) is 5.75 Å². The van der Waals surface area contributed by atoms with Crippen LogP contribution >= 0.6 is 11.6 Å². The summed E-state index contributed by atoms with van der Waals surface area (Å²) in [5.41, 5.74) is 1.18. The number of benzene rings is 2. The van der Waals surface area contributed by atoms with Gasteiger partial charge >= 0.3 is 0 Å². The van der Waals surface area contributed by atoms with Crippen LogP contribution in [-0.2, 0) is 0 Å². The molecule has 5 nitrogen and oxygen atoms in total. The molecule has 122 valence electrons. The lowest BCUT2D eigenvalue weighted by atomic mass is 10.1. The molecule has 0 aliphatic carbocycles.